The van der Waals surface area contributed by atoms with E-state index in [1.807, 2.05) is 30.3 Å². The number of hydrogen-bond donors (Lipinski definition) is 2. The van der Waals surface area contributed by atoms with Gasteiger partial charge in [0.15, 0.2) is 0 Å². The van der Waals surface area contributed by atoms with Crippen LogP contribution in [0.25, 0.3) is 21.9 Å². The molecule has 3 aromatic rings. The number of hydrogen-bond acceptors (Lipinski definition) is 2. The first kappa shape index (κ1) is 11.2. The molecule has 0 amide bonds. The summed E-state index contributed by atoms with van der Waals surface area (Å²) >= 11 is 4.44. The SMILES string of the molecule is Oc1cccc(S)c1-c1cccc2ccccc12. The maximum Gasteiger partial charge on any atom is 0.124 e. The molecule has 0 atom stereocenters. The van der Waals surface area contributed by atoms with Crippen molar-refractivity contribution in [2.45, 2.75) is 4.90 Å². The van der Waals surface area contributed by atoms with Crippen LogP contribution in [0.5, 0.6) is 5.75 Å². The molecular formula is C16H12OS. The number of aromatic hydroxyl groups is 1. The van der Waals surface area contributed by atoms with Gasteiger partial charge in [-0.05, 0) is 28.5 Å². The van der Waals surface area contributed by atoms with Gasteiger partial charge in [-0.1, -0.05) is 48.5 Å². The molecule has 0 aromatic heterocycles. The first-order valence-corrected chi connectivity index (χ1v) is 6.21. The molecule has 0 saturated carbocycles. The summed E-state index contributed by atoms with van der Waals surface area (Å²) in [5, 5.41) is 12.3. The average Bonchev–Trinajstić information content (AvgIpc) is 2.39. The van der Waals surface area contributed by atoms with Gasteiger partial charge in [0.25, 0.3) is 0 Å². The van der Waals surface area contributed by atoms with E-state index in [2.05, 4.69) is 30.8 Å². The van der Waals surface area contributed by atoms with Crippen molar-refractivity contribution in [3.05, 3.63) is 60.7 Å². The van der Waals surface area contributed by atoms with Crippen molar-refractivity contribution in [3.63, 3.8) is 0 Å². The molecule has 0 bridgehead atoms. The van der Waals surface area contributed by atoms with Gasteiger partial charge in [0.1, 0.15) is 5.75 Å². The van der Waals surface area contributed by atoms with Crippen molar-refractivity contribution in [2.75, 3.05) is 0 Å². The number of phenols is 1. The summed E-state index contributed by atoms with van der Waals surface area (Å²) in [7, 11) is 0. The monoisotopic (exact) mass is 252 g/mol. The molecule has 2 heteroatoms. The molecule has 0 aliphatic rings. The molecule has 1 N–H and O–H groups in total. The minimum absolute atomic E-state index is 0.263. The Bertz CT molecular complexity index is 694. The zero-order chi connectivity index (χ0) is 12.5. The Morgan fingerprint density at radius 2 is 1.50 bits per heavy atom. The maximum absolute atomic E-state index is 10.1. The molecule has 0 aliphatic carbocycles. The van der Waals surface area contributed by atoms with Gasteiger partial charge in [0.2, 0.25) is 0 Å². The van der Waals surface area contributed by atoms with Crippen molar-refractivity contribution in [2.24, 2.45) is 0 Å². The molecule has 18 heavy (non-hydrogen) atoms. The van der Waals surface area contributed by atoms with Crippen molar-refractivity contribution >= 4 is 23.4 Å². The van der Waals surface area contributed by atoms with Crippen LogP contribution in [0.3, 0.4) is 0 Å². The van der Waals surface area contributed by atoms with Gasteiger partial charge < -0.3 is 5.11 Å². The summed E-state index contributed by atoms with van der Waals surface area (Å²) in [4.78, 5) is 0.784. The summed E-state index contributed by atoms with van der Waals surface area (Å²) in [5.41, 5.74) is 1.80. The minimum Gasteiger partial charge on any atom is -0.507 e. The molecule has 0 saturated heterocycles. The van der Waals surface area contributed by atoms with E-state index in [0.29, 0.717) is 0 Å². The van der Waals surface area contributed by atoms with Crippen LogP contribution in [-0.4, -0.2) is 5.11 Å². The maximum atomic E-state index is 10.1. The molecule has 0 radical (unpaired) electrons. The lowest BCUT2D eigenvalue weighted by Gasteiger charge is -2.10. The predicted octanol–water partition coefficient (Wildman–Crippen LogP) is 4.50. The third kappa shape index (κ3) is 1.75. The fourth-order valence-corrected chi connectivity index (χ4v) is 2.57. The van der Waals surface area contributed by atoms with Crippen molar-refractivity contribution < 1.29 is 5.11 Å². The van der Waals surface area contributed by atoms with Gasteiger partial charge >= 0.3 is 0 Å². The van der Waals surface area contributed by atoms with E-state index < -0.39 is 0 Å². The van der Waals surface area contributed by atoms with Crippen LogP contribution in [0, 0.1) is 0 Å². The van der Waals surface area contributed by atoms with E-state index in [0.717, 1.165) is 26.8 Å². The van der Waals surface area contributed by atoms with Gasteiger partial charge in [-0.2, -0.15) is 0 Å². The third-order valence-electron chi connectivity index (χ3n) is 3.08. The molecular weight excluding hydrogens is 240 g/mol. The molecule has 3 rings (SSSR count). The third-order valence-corrected chi connectivity index (χ3v) is 3.45. The number of fused-ring (bicyclic) bond motifs is 1. The van der Waals surface area contributed by atoms with E-state index in [4.69, 9.17) is 0 Å². The second-order valence-electron chi connectivity index (χ2n) is 4.20. The number of rotatable bonds is 1. The first-order valence-electron chi connectivity index (χ1n) is 5.76. The first-order chi connectivity index (χ1) is 8.77. The zero-order valence-corrected chi connectivity index (χ0v) is 10.6. The Morgan fingerprint density at radius 1 is 0.778 bits per heavy atom. The normalized spacial score (nSPS) is 10.7. The van der Waals surface area contributed by atoms with Crippen molar-refractivity contribution in [1.29, 1.82) is 0 Å². The Balaban J connectivity index is 2.39. The van der Waals surface area contributed by atoms with E-state index in [9.17, 15) is 5.11 Å². The van der Waals surface area contributed by atoms with Gasteiger partial charge in [0.05, 0.1) is 0 Å². The number of phenolic OH excluding ortho intramolecular Hbond substituents is 1. The summed E-state index contributed by atoms with van der Waals surface area (Å²) in [6.45, 7) is 0. The van der Waals surface area contributed by atoms with Crippen LogP contribution in [0.15, 0.2) is 65.6 Å². The summed E-state index contributed by atoms with van der Waals surface area (Å²) < 4.78 is 0. The van der Waals surface area contributed by atoms with E-state index >= 15 is 0 Å². The highest BCUT2D eigenvalue weighted by Gasteiger charge is 2.10. The Labute approximate surface area is 111 Å². The molecule has 0 heterocycles. The van der Waals surface area contributed by atoms with Crippen LogP contribution in [-0.2, 0) is 0 Å². The fraction of sp³-hybridized carbons (Fsp3) is 0. The largest absolute Gasteiger partial charge is 0.507 e. The topological polar surface area (TPSA) is 20.2 Å². The Morgan fingerprint density at radius 3 is 2.33 bits per heavy atom. The van der Waals surface area contributed by atoms with Crippen molar-refractivity contribution in [3.8, 4) is 16.9 Å². The molecule has 0 unspecified atom stereocenters. The van der Waals surface area contributed by atoms with Gasteiger partial charge in [0, 0.05) is 10.5 Å². The minimum atomic E-state index is 0.263. The average molecular weight is 252 g/mol. The zero-order valence-electron chi connectivity index (χ0n) is 9.67. The smallest absolute Gasteiger partial charge is 0.124 e. The Hall–Kier alpha value is -1.93. The van der Waals surface area contributed by atoms with Crippen LogP contribution in [0.1, 0.15) is 0 Å². The predicted molar refractivity (Wildman–Crippen MR) is 78.3 cm³/mol. The van der Waals surface area contributed by atoms with Crippen LogP contribution in [0.4, 0.5) is 0 Å². The highest BCUT2D eigenvalue weighted by molar-refractivity contribution is 7.80. The molecule has 0 aliphatic heterocycles. The van der Waals surface area contributed by atoms with E-state index in [1.54, 1.807) is 12.1 Å². The molecule has 88 valence electrons. The second kappa shape index (κ2) is 4.39. The Kier molecular flexibility index (Phi) is 2.73. The highest BCUT2D eigenvalue weighted by atomic mass is 32.1. The van der Waals surface area contributed by atoms with E-state index in [-0.39, 0.29) is 5.75 Å². The van der Waals surface area contributed by atoms with Crippen LogP contribution >= 0.6 is 12.6 Å². The van der Waals surface area contributed by atoms with Crippen LogP contribution < -0.4 is 0 Å². The number of benzene rings is 3. The molecule has 1 nitrogen and oxygen atoms in total. The molecule has 0 fully saturated rings. The fourth-order valence-electron chi connectivity index (χ4n) is 2.25. The lowest BCUT2D eigenvalue weighted by Crippen LogP contribution is -1.84. The van der Waals surface area contributed by atoms with Gasteiger partial charge in [-0.25, -0.2) is 0 Å². The summed E-state index contributed by atoms with van der Waals surface area (Å²) in [5.74, 6) is 0.263. The van der Waals surface area contributed by atoms with Gasteiger partial charge in [-0.15, -0.1) is 12.6 Å². The van der Waals surface area contributed by atoms with Gasteiger partial charge in [-0.3, -0.25) is 0 Å². The van der Waals surface area contributed by atoms with Crippen molar-refractivity contribution in [1.82, 2.24) is 0 Å². The quantitative estimate of drug-likeness (QED) is 0.611. The van der Waals surface area contributed by atoms with E-state index in [1.165, 1.54) is 0 Å². The highest BCUT2D eigenvalue weighted by Crippen LogP contribution is 2.38. The summed E-state index contributed by atoms with van der Waals surface area (Å²) in [6, 6.07) is 19.6. The molecule has 3 aromatic carbocycles. The standard InChI is InChI=1S/C16H12OS/c17-14-9-4-10-15(18)16(14)13-8-3-6-11-5-1-2-7-12(11)13/h1-10,17-18H. The van der Waals surface area contributed by atoms with Crippen LogP contribution in [0.2, 0.25) is 0 Å². The lowest BCUT2D eigenvalue weighted by atomic mass is 9.97. The summed E-state index contributed by atoms with van der Waals surface area (Å²) in [6.07, 6.45) is 0. The lowest BCUT2D eigenvalue weighted by molar-refractivity contribution is 0.476. The molecule has 0 spiro atoms. The second-order valence-corrected chi connectivity index (χ2v) is 4.68. The number of thiol groups is 1.